The zero-order chi connectivity index (χ0) is 16.7. The number of halogens is 3. The van der Waals surface area contributed by atoms with Gasteiger partial charge in [-0.05, 0) is 26.8 Å². The lowest BCUT2D eigenvalue weighted by Gasteiger charge is -2.37. The summed E-state index contributed by atoms with van der Waals surface area (Å²) in [4.78, 5) is 15.3. The van der Waals surface area contributed by atoms with E-state index in [9.17, 15) is 17.7 Å². The van der Waals surface area contributed by atoms with E-state index < -0.39 is 24.1 Å². The zero-order valence-electron chi connectivity index (χ0n) is 13.1. The smallest absolute Gasteiger partial charge is 0.445 e. The molecule has 0 bridgehead atoms. The molecular formula is C14H19BF3N2O2-. The highest BCUT2D eigenvalue weighted by Gasteiger charge is 2.32. The molecule has 0 aromatic heterocycles. The number of rotatable bonds is 1. The van der Waals surface area contributed by atoms with E-state index in [1.165, 1.54) is 11.0 Å². The highest BCUT2D eigenvalue weighted by Crippen LogP contribution is 2.33. The average molecular weight is 315 g/mol. The van der Waals surface area contributed by atoms with Crippen LogP contribution < -0.4 is 15.3 Å². The molecule has 22 heavy (non-hydrogen) atoms. The lowest BCUT2D eigenvalue weighted by atomic mass is 9.79. The predicted molar refractivity (Wildman–Crippen MR) is 82.0 cm³/mol. The van der Waals surface area contributed by atoms with Gasteiger partial charge in [0.15, 0.2) is 0 Å². The summed E-state index contributed by atoms with van der Waals surface area (Å²) in [5.41, 5.74) is -0.602. The molecule has 0 radical (unpaired) electrons. The summed E-state index contributed by atoms with van der Waals surface area (Å²) in [6.45, 7) is 0.858. The number of hydrogen-bond acceptors (Lipinski definition) is 3. The van der Waals surface area contributed by atoms with Crippen molar-refractivity contribution in [2.75, 3.05) is 29.9 Å². The number of carbonyl (C=O) groups excluding carboxylic acids is 1. The van der Waals surface area contributed by atoms with Crippen LogP contribution in [0.4, 0.5) is 29.1 Å². The molecule has 1 heterocycles. The molecule has 1 aromatic carbocycles. The van der Waals surface area contributed by atoms with Crippen molar-refractivity contribution in [3.63, 3.8) is 0 Å². The van der Waals surface area contributed by atoms with Gasteiger partial charge in [-0.1, -0.05) is 12.1 Å². The van der Waals surface area contributed by atoms with Crippen LogP contribution in [0, 0.1) is 0 Å². The molecule has 0 spiro atoms. The number of anilines is 2. The first-order valence-corrected chi connectivity index (χ1v) is 7.04. The Morgan fingerprint density at radius 2 is 1.82 bits per heavy atom. The lowest BCUT2D eigenvalue weighted by molar-refractivity contribution is 0.0580. The van der Waals surface area contributed by atoms with Gasteiger partial charge in [0.25, 0.3) is 0 Å². The molecule has 0 saturated heterocycles. The number of likely N-dealkylation sites (N-methyl/N-ethyl adjacent to an activating group) is 1. The number of carbonyl (C=O) groups is 1. The van der Waals surface area contributed by atoms with Gasteiger partial charge in [0.2, 0.25) is 0 Å². The molecule has 4 nitrogen and oxygen atoms in total. The second kappa shape index (κ2) is 5.41. The van der Waals surface area contributed by atoms with Crippen molar-refractivity contribution in [1.82, 2.24) is 0 Å². The van der Waals surface area contributed by atoms with Crippen LogP contribution >= 0.6 is 0 Å². The number of hydrogen-bond donors (Lipinski definition) is 0. The Labute approximate surface area is 127 Å². The van der Waals surface area contributed by atoms with E-state index in [0.717, 1.165) is 12.1 Å². The van der Waals surface area contributed by atoms with Crippen LogP contribution in [0.15, 0.2) is 18.2 Å². The maximum atomic E-state index is 13.0. The Balaban J connectivity index is 2.41. The number of amides is 1. The third-order valence-electron chi connectivity index (χ3n) is 3.35. The predicted octanol–water partition coefficient (Wildman–Crippen LogP) is 2.93. The van der Waals surface area contributed by atoms with Crippen LogP contribution in [0.1, 0.15) is 20.8 Å². The Morgan fingerprint density at radius 1 is 1.18 bits per heavy atom. The molecule has 1 aliphatic rings. The first-order chi connectivity index (χ1) is 9.99. The van der Waals surface area contributed by atoms with Crippen LogP contribution in [0.3, 0.4) is 0 Å². The number of benzene rings is 1. The molecule has 1 aromatic rings. The number of ether oxygens (including phenoxy) is 1. The number of nitrogens with zero attached hydrogens (tertiary/aromatic N) is 2. The molecule has 0 aliphatic carbocycles. The fourth-order valence-corrected chi connectivity index (χ4v) is 2.28. The summed E-state index contributed by atoms with van der Waals surface area (Å²) < 4.78 is 44.2. The van der Waals surface area contributed by atoms with Gasteiger partial charge in [-0.25, -0.2) is 4.79 Å². The Hall–Kier alpha value is -1.86. The van der Waals surface area contributed by atoms with E-state index in [2.05, 4.69) is 0 Å². The van der Waals surface area contributed by atoms with Crippen molar-refractivity contribution in [3.8, 4) is 0 Å². The summed E-state index contributed by atoms with van der Waals surface area (Å²) in [5, 5.41) is 0. The number of fused-ring (bicyclic) bond motifs is 1. The van der Waals surface area contributed by atoms with Gasteiger partial charge in [-0.15, -0.1) is 5.46 Å². The maximum Gasteiger partial charge on any atom is 0.509 e. The van der Waals surface area contributed by atoms with Gasteiger partial charge in [0.05, 0.1) is 11.4 Å². The summed E-state index contributed by atoms with van der Waals surface area (Å²) in [6.07, 6.45) is -0.631. The molecule has 0 atom stereocenters. The van der Waals surface area contributed by atoms with Gasteiger partial charge >= 0.3 is 13.1 Å². The fraction of sp³-hybridized carbons (Fsp3) is 0.500. The molecule has 0 fully saturated rings. The van der Waals surface area contributed by atoms with Gasteiger partial charge in [-0.2, -0.15) is 0 Å². The Kier molecular flexibility index (Phi) is 4.06. The highest BCUT2D eigenvalue weighted by atomic mass is 19.4. The molecule has 1 amide bonds. The van der Waals surface area contributed by atoms with E-state index in [0.29, 0.717) is 12.2 Å². The molecule has 122 valence electrons. The third kappa shape index (κ3) is 3.48. The molecule has 0 saturated carbocycles. The van der Waals surface area contributed by atoms with Crippen LogP contribution in [-0.4, -0.2) is 38.8 Å². The van der Waals surface area contributed by atoms with E-state index in [-0.39, 0.29) is 12.2 Å². The lowest BCUT2D eigenvalue weighted by Crippen LogP contribution is -2.46. The SMILES string of the molecule is CN1CCN(C(=O)OC(C)(C)C)c2cc([B-](F)(F)F)ccc21. The Bertz CT molecular complexity index is 584. The van der Waals surface area contributed by atoms with E-state index in [4.69, 9.17) is 4.74 Å². The summed E-state index contributed by atoms with van der Waals surface area (Å²) >= 11 is 0. The normalized spacial score (nSPS) is 15.6. The molecular weight excluding hydrogens is 296 g/mol. The van der Waals surface area contributed by atoms with Gasteiger partial charge in [0, 0.05) is 20.1 Å². The van der Waals surface area contributed by atoms with Crippen molar-refractivity contribution >= 4 is 29.9 Å². The van der Waals surface area contributed by atoms with Crippen LogP contribution in [-0.2, 0) is 4.74 Å². The van der Waals surface area contributed by atoms with Crippen molar-refractivity contribution in [1.29, 1.82) is 0 Å². The fourth-order valence-electron chi connectivity index (χ4n) is 2.28. The van der Waals surface area contributed by atoms with Crippen LogP contribution in [0.25, 0.3) is 0 Å². The second-order valence-electron chi connectivity index (χ2n) is 6.38. The summed E-state index contributed by atoms with van der Waals surface area (Å²) in [5.74, 6) is 0. The third-order valence-corrected chi connectivity index (χ3v) is 3.35. The first kappa shape index (κ1) is 16.5. The molecule has 2 rings (SSSR count). The van der Waals surface area contributed by atoms with Gasteiger partial charge < -0.3 is 22.6 Å². The topological polar surface area (TPSA) is 32.8 Å². The molecule has 8 heteroatoms. The largest absolute Gasteiger partial charge is 0.509 e. The Morgan fingerprint density at radius 3 is 2.36 bits per heavy atom. The van der Waals surface area contributed by atoms with Gasteiger partial charge in [-0.3, -0.25) is 4.90 Å². The van der Waals surface area contributed by atoms with Crippen molar-refractivity contribution in [2.45, 2.75) is 26.4 Å². The monoisotopic (exact) mass is 315 g/mol. The molecule has 0 N–H and O–H groups in total. The van der Waals surface area contributed by atoms with Crippen molar-refractivity contribution < 1.29 is 22.5 Å². The van der Waals surface area contributed by atoms with Crippen molar-refractivity contribution in [2.24, 2.45) is 0 Å². The van der Waals surface area contributed by atoms with E-state index >= 15 is 0 Å². The molecule has 1 aliphatic heterocycles. The van der Waals surface area contributed by atoms with Crippen LogP contribution in [0.5, 0.6) is 0 Å². The standard InChI is InChI=1S/C14H19BF3N2O2/c1-14(2,3)22-13(21)20-8-7-19(4)11-6-5-10(9-12(11)20)15(16,17)18/h5-6,9H,7-8H2,1-4H3/q-1. The summed E-state index contributed by atoms with van der Waals surface area (Å²) in [6, 6.07) is 3.47. The minimum absolute atomic E-state index is 0.236. The molecule has 0 unspecified atom stereocenters. The van der Waals surface area contributed by atoms with Crippen LogP contribution in [0.2, 0.25) is 0 Å². The van der Waals surface area contributed by atoms with E-state index in [1.54, 1.807) is 27.8 Å². The summed E-state index contributed by atoms with van der Waals surface area (Å²) in [7, 11) is 1.78. The van der Waals surface area contributed by atoms with Crippen molar-refractivity contribution in [3.05, 3.63) is 18.2 Å². The quantitative estimate of drug-likeness (QED) is 0.747. The second-order valence-corrected chi connectivity index (χ2v) is 6.38. The minimum atomic E-state index is -5.11. The van der Waals surface area contributed by atoms with E-state index in [1.807, 2.05) is 4.90 Å². The minimum Gasteiger partial charge on any atom is -0.445 e. The maximum absolute atomic E-state index is 13.0. The van der Waals surface area contributed by atoms with Gasteiger partial charge in [0.1, 0.15) is 5.60 Å². The zero-order valence-corrected chi connectivity index (χ0v) is 13.1. The average Bonchev–Trinajstić information content (AvgIpc) is 2.35. The highest BCUT2D eigenvalue weighted by molar-refractivity contribution is 6.73. The first-order valence-electron chi connectivity index (χ1n) is 7.04.